The summed E-state index contributed by atoms with van der Waals surface area (Å²) >= 11 is 18.5. The van der Waals surface area contributed by atoms with Gasteiger partial charge in [-0.25, -0.2) is 9.69 Å². The van der Waals surface area contributed by atoms with Gasteiger partial charge in [-0.2, -0.15) is 0 Å². The van der Waals surface area contributed by atoms with Gasteiger partial charge in [0.2, 0.25) is 11.8 Å². The van der Waals surface area contributed by atoms with Gasteiger partial charge in [-0.15, -0.1) is 0 Å². The van der Waals surface area contributed by atoms with E-state index in [0.29, 0.717) is 15.0 Å². The van der Waals surface area contributed by atoms with E-state index < -0.39 is 23.6 Å². The molecule has 36 heavy (non-hydrogen) atoms. The third-order valence-electron chi connectivity index (χ3n) is 5.90. The van der Waals surface area contributed by atoms with E-state index in [-0.39, 0.29) is 34.4 Å². The van der Waals surface area contributed by atoms with Crippen molar-refractivity contribution in [2.45, 2.75) is 30.9 Å². The summed E-state index contributed by atoms with van der Waals surface area (Å²) in [5.41, 5.74) is 0.809. The molecule has 2 heterocycles. The van der Waals surface area contributed by atoms with E-state index >= 15 is 0 Å². The van der Waals surface area contributed by atoms with Crippen LogP contribution in [0.25, 0.3) is 0 Å². The number of likely N-dealkylation sites (tertiary alicyclic amines) is 1. The minimum atomic E-state index is -0.714. The van der Waals surface area contributed by atoms with Gasteiger partial charge in [0.15, 0.2) is 12.4 Å². The summed E-state index contributed by atoms with van der Waals surface area (Å²) in [4.78, 5) is 53.5. The normalized spacial score (nSPS) is 17.9. The first-order valence-electron chi connectivity index (χ1n) is 11.3. The number of benzene rings is 2. The average Bonchev–Trinajstić information content (AvgIpc) is 3.16. The topological polar surface area (TPSA) is 84.0 Å². The van der Waals surface area contributed by atoms with Crippen LogP contribution in [0, 0.1) is 0 Å². The number of carbonyl (C=O) groups is 4. The Morgan fingerprint density at radius 2 is 1.64 bits per heavy atom. The summed E-state index contributed by atoms with van der Waals surface area (Å²) in [6.45, 7) is 1.28. The molecule has 2 aliphatic heterocycles. The predicted octanol–water partition coefficient (Wildman–Crippen LogP) is 5.17. The number of amides is 2. The highest BCUT2D eigenvalue weighted by molar-refractivity contribution is 8.23. The molecule has 7 nitrogen and oxygen atoms in total. The van der Waals surface area contributed by atoms with Crippen LogP contribution in [0.3, 0.4) is 0 Å². The van der Waals surface area contributed by atoms with E-state index in [4.69, 9.17) is 40.2 Å². The molecule has 2 fully saturated rings. The second-order valence-electron chi connectivity index (χ2n) is 8.37. The van der Waals surface area contributed by atoms with Crippen molar-refractivity contribution in [3.63, 3.8) is 0 Å². The van der Waals surface area contributed by atoms with Crippen LogP contribution in [0.4, 0.5) is 5.69 Å². The van der Waals surface area contributed by atoms with Gasteiger partial charge >= 0.3 is 5.97 Å². The standard InChI is InChI=1S/C25H22Cl2N2O5S2/c26-18-9-6-16(12-19(18)27)20(30)14-34-24(33)15-4-7-17(8-5-15)29-22(31)13-21(23(29)32)36-25(35)28-10-2-1-3-11-28/h4-9,12,21H,1-3,10-11,13-14H2/t21-/m0/s1. The monoisotopic (exact) mass is 564 g/mol. The van der Waals surface area contributed by atoms with E-state index in [1.807, 2.05) is 0 Å². The van der Waals surface area contributed by atoms with Crippen molar-refractivity contribution in [3.8, 4) is 0 Å². The molecule has 4 rings (SSSR count). The maximum Gasteiger partial charge on any atom is 0.338 e. The van der Waals surface area contributed by atoms with Crippen molar-refractivity contribution in [2.24, 2.45) is 0 Å². The van der Waals surface area contributed by atoms with Crippen LogP contribution in [0.2, 0.25) is 10.0 Å². The summed E-state index contributed by atoms with van der Waals surface area (Å²) in [5, 5.41) is -0.0248. The fourth-order valence-electron chi connectivity index (χ4n) is 3.95. The molecule has 0 spiro atoms. The molecule has 2 amide bonds. The Morgan fingerprint density at radius 3 is 2.31 bits per heavy atom. The number of esters is 1. The number of thiocarbonyl (C=S) groups is 1. The second kappa shape index (κ2) is 11.7. The number of thioether (sulfide) groups is 1. The van der Waals surface area contributed by atoms with Crippen molar-refractivity contribution in [1.29, 1.82) is 0 Å². The van der Waals surface area contributed by atoms with Crippen LogP contribution in [0.1, 0.15) is 46.4 Å². The van der Waals surface area contributed by atoms with Crippen molar-refractivity contribution in [1.82, 2.24) is 4.90 Å². The Bertz CT molecular complexity index is 1220. The lowest BCUT2D eigenvalue weighted by molar-refractivity contribution is -0.121. The number of ketones is 1. The summed E-state index contributed by atoms with van der Waals surface area (Å²) in [6.07, 6.45) is 3.39. The average molecular weight is 566 g/mol. The summed E-state index contributed by atoms with van der Waals surface area (Å²) in [6, 6.07) is 10.3. The number of piperidine rings is 1. The molecular weight excluding hydrogens is 543 g/mol. The van der Waals surface area contributed by atoms with E-state index in [2.05, 4.69) is 4.90 Å². The van der Waals surface area contributed by atoms with Gasteiger partial charge in [-0.05, 0) is 61.7 Å². The number of anilines is 1. The molecule has 2 aliphatic rings. The van der Waals surface area contributed by atoms with Crippen LogP contribution >= 0.6 is 47.2 Å². The molecule has 1 atom stereocenters. The first-order valence-corrected chi connectivity index (χ1v) is 13.4. The van der Waals surface area contributed by atoms with Crippen molar-refractivity contribution < 1.29 is 23.9 Å². The Balaban J connectivity index is 1.34. The molecular formula is C25H22Cl2N2O5S2. The van der Waals surface area contributed by atoms with Crippen molar-refractivity contribution in [3.05, 3.63) is 63.6 Å². The summed E-state index contributed by atoms with van der Waals surface area (Å²) in [7, 11) is 0. The zero-order chi connectivity index (χ0) is 25.8. The fourth-order valence-corrected chi connectivity index (χ4v) is 5.79. The number of carbonyl (C=O) groups excluding carboxylic acids is 4. The molecule has 0 aromatic heterocycles. The van der Waals surface area contributed by atoms with Gasteiger partial charge in [0, 0.05) is 25.1 Å². The Kier molecular flexibility index (Phi) is 8.66. The molecule has 2 aromatic carbocycles. The number of hydrogen-bond donors (Lipinski definition) is 0. The first-order chi connectivity index (χ1) is 17.2. The van der Waals surface area contributed by atoms with E-state index in [1.165, 1.54) is 60.6 Å². The van der Waals surface area contributed by atoms with E-state index in [0.717, 1.165) is 30.8 Å². The number of imide groups is 1. The fraction of sp³-hybridized carbons (Fsp3) is 0.320. The van der Waals surface area contributed by atoms with Gasteiger partial charge in [-0.1, -0.05) is 47.2 Å². The van der Waals surface area contributed by atoms with Crippen LogP contribution in [-0.4, -0.2) is 57.7 Å². The van der Waals surface area contributed by atoms with Crippen LogP contribution < -0.4 is 4.90 Å². The Labute approximate surface area is 228 Å². The molecule has 0 aliphatic carbocycles. The van der Waals surface area contributed by atoms with Crippen LogP contribution in [0.5, 0.6) is 0 Å². The molecule has 0 bridgehead atoms. The smallest absolute Gasteiger partial charge is 0.338 e. The zero-order valence-corrected chi connectivity index (χ0v) is 22.2. The van der Waals surface area contributed by atoms with Gasteiger partial charge in [0.25, 0.3) is 0 Å². The number of halogens is 2. The third-order valence-corrected chi connectivity index (χ3v) is 8.30. The lowest BCUT2D eigenvalue weighted by atomic mass is 10.1. The van der Waals surface area contributed by atoms with E-state index in [1.54, 1.807) is 0 Å². The Morgan fingerprint density at radius 1 is 0.972 bits per heavy atom. The third kappa shape index (κ3) is 6.08. The van der Waals surface area contributed by atoms with E-state index in [9.17, 15) is 19.2 Å². The SMILES string of the molecule is O=C(COC(=O)c1ccc(N2C(=O)C[C@H](SC(=S)N3CCCCC3)C2=O)cc1)c1ccc(Cl)c(Cl)c1. The lowest BCUT2D eigenvalue weighted by Gasteiger charge is -2.29. The number of ether oxygens (including phenoxy) is 1. The van der Waals surface area contributed by atoms with Crippen molar-refractivity contribution >= 4 is 80.8 Å². The molecule has 2 saturated heterocycles. The maximum absolute atomic E-state index is 13.0. The number of hydrogen-bond acceptors (Lipinski definition) is 7. The number of Topliss-reactive ketones (excluding diaryl/α,β-unsaturated/α-hetero) is 1. The minimum Gasteiger partial charge on any atom is -0.454 e. The van der Waals surface area contributed by atoms with Crippen LogP contribution in [-0.2, 0) is 14.3 Å². The summed E-state index contributed by atoms with van der Waals surface area (Å²) in [5.74, 6) is -1.79. The molecule has 188 valence electrons. The van der Waals surface area contributed by atoms with Gasteiger partial charge in [0.05, 0.1) is 21.3 Å². The highest BCUT2D eigenvalue weighted by Crippen LogP contribution is 2.32. The quantitative estimate of drug-likeness (QED) is 0.205. The molecule has 0 radical (unpaired) electrons. The zero-order valence-electron chi connectivity index (χ0n) is 19.1. The van der Waals surface area contributed by atoms with Crippen molar-refractivity contribution in [2.75, 3.05) is 24.6 Å². The largest absolute Gasteiger partial charge is 0.454 e. The van der Waals surface area contributed by atoms with Gasteiger partial charge < -0.3 is 9.64 Å². The molecule has 0 saturated carbocycles. The highest BCUT2D eigenvalue weighted by Gasteiger charge is 2.41. The lowest BCUT2D eigenvalue weighted by Crippen LogP contribution is -2.35. The molecule has 2 aromatic rings. The minimum absolute atomic E-state index is 0.0676. The first kappa shape index (κ1) is 26.6. The van der Waals surface area contributed by atoms with Crippen LogP contribution in [0.15, 0.2) is 42.5 Å². The maximum atomic E-state index is 13.0. The summed E-state index contributed by atoms with van der Waals surface area (Å²) < 4.78 is 5.76. The van der Waals surface area contributed by atoms with Gasteiger partial charge in [0.1, 0.15) is 9.57 Å². The van der Waals surface area contributed by atoms with Gasteiger partial charge in [-0.3, -0.25) is 14.4 Å². The number of nitrogens with zero attached hydrogens (tertiary/aromatic N) is 2. The highest BCUT2D eigenvalue weighted by atomic mass is 35.5. The molecule has 0 N–H and O–H groups in total. The predicted molar refractivity (Wildman–Crippen MR) is 144 cm³/mol. The molecule has 0 unspecified atom stereocenters. The Hall–Kier alpha value is -2.46. The molecule has 11 heteroatoms. The second-order valence-corrected chi connectivity index (χ2v) is 11.0. The number of rotatable bonds is 6.